The molecule has 1 aromatic heterocycles. The lowest BCUT2D eigenvalue weighted by Crippen LogP contribution is -2.05. The number of aryl methyl sites for hydroxylation is 1. The molecule has 94 valence electrons. The number of alkyl halides is 3. The van der Waals surface area contributed by atoms with Crippen LogP contribution in [0.25, 0.3) is 11.3 Å². The molecule has 1 heterocycles. The highest BCUT2D eigenvalue weighted by atomic mass is 19.4. The number of aromatic nitrogens is 1. The van der Waals surface area contributed by atoms with Crippen molar-refractivity contribution in [2.45, 2.75) is 13.1 Å². The molecular weight excluding hydrogens is 241 g/mol. The minimum absolute atomic E-state index is 0.445. The smallest absolute Gasteiger partial charge is 0.397 e. The standard InChI is InChI=1S/C13H11F3N2/c1-8-7-9(13(14,15)16)4-5-10(8)12-11(17)3-2-6-18-12/h2-7H,17H2,1H3. The number of nitrogens with two attached hydrogens (primary N) is 1. The second kappa shape index (κ2) is 4.33. The fourth-order valence-electron chi connectivity index (χ4n) is 1.75. The molecule has 5 heteroatoms. The zero-order valence-corrected chi connectivity index (χ0v) is 9.62. The van der Waals surface area contributed by atoms with Gasteiger partial charge in [0.25, 0.3) is 0 Å². The normalized spacial score (nSPS) is 11.6. The highest BCUT2D eigenvalue weighted by Crippen LogP contribution is 2.33. The Morgan fingerprint density at radius 1 is 1.17 bits per heavy atom. The number of hydrogen-bond acceptors (Lipinski definition) is 2. The molecule has 0 aliphatic carbocycles. The number of nitrogen functional groups attached to an aromatic ring is 1. The molecule has 2 N–H and O–H groups in total. The second-order valence-corrected chi connectivity index (χ2v) is 3.97. The Hall–Kier alpha value is -2.04. The van der Waals surface area contributed by atoms with Gasteiger partial charge in [0, 0.05) is 11.8 Å². The number of halogens is 3. The fraction of sp³-hybridized carbons (Fsp3) is 0.154. The van der Waals surface area contributed by atoms with E-state index in [1.165, 1.54) is 6.07 Å². The third-order valence-electron chi connectivity index (χ3n) is 2.65. The van der Waals surface area contributed by atoms with Gasteiger partial charge in [-0.2, -0.15) is 13.2 Å². The molecule has 0 unspecified atom stereocenters. The van der Waals surface area contributed by atoms with E-state index in [1.54, 1.807) is 25.3 Å². The summed E-state index contributed by atoms with van der Waals surface area (Å²) in [6.07, 6.45) is -2.78. The van der Waals surface area contributed by atoms with Gasteiger partial charge in [0.1, 0.15) is 0 Å². The first-order valence-electron chi connectivity index (χ1n) is 5.28. The maximum atomic E-state index is 12.5. The SMILES string of the molecule is Cc1cc(C(F)(F)F)ccc1-c1ncccc1N. The summed E-state index contributed by atoms with van der Waals surface area (Å²) in [5, 5.41) is 0. The monoisotopic (exact) mass is 252 g/mol. The summed E-state index contributed by atoms with van der Waals surface area (Å²) in [6, 6.07) is 6.88. The van der Waals surface area contributed by atoms with E-state index in [1.807, 2.05) is 0 Å². The van der Waals surface area contributed by atoms with Crippen LogP contribution in [0.1, 0.15) is 11.1 Å². The van der Waals surface area contributed by atoms with Gasteiger partial charge in [0.2, 0.25) is 0 Å². The van der Waals surface area contributed by atoms with Crippen LogP contribution in [-0.2, 0) is 6.18 Å². The summed E-state index contributed by atoms with van der Waals surface area (Å²) in [5.41, 5.74) is 7.15. The average molecular weight is 252 g/mol. The molecule has 2 aromatic rings. The van der Waals surface area contributed by atoms with Gasteiger partial charge in [-0.15, -0.1) is 0 Å². The topological polar surface area (TPSA) is 38.9 Å². The van der Waals surface area contributed by atoms with Crippen LogP contribution in [0.3, 0.4) is 0 Å². The first kappa shape index (κ1) is 12.4. The lowest BCUT2D eigenvalue weighted by atomic mass is 10.0. The molecule has 0 bridgehead atoms. The first-order valence-corrected chi connectivity index (χ1v) is 5.28. The molecule has 0 aliphatic heterocycles. The predicted octanol–water partition coefficient (Wildman–Crippen LogP) is 3.66. The molecule has 0 saturated carbocycles. The van der Waals surface area contributed by atoms with Gasteiger partial charge in [-0.1, -0.05) is 6.07 Å². The van der Waals surface area contributed by atoms with Crippen LogP contribution in [0.5, 0.6) is 0 Å². The minimum Gasteiger partial charge on any atom is -0.397 e. The summed E-state index contributed by atoms with van der Waals surface area (Å²) in [7, 11) is 0. The number of rotatable bonds is 1. The Bertz CT molecular complexity index is 577. The van der Waals surface area contributed by atoms with Gasteiger partial charge in [-0.3, -0.25) is 4.98 Å². The number of benzene rings is 1. The molecule has 0 spiro atoms. The largest absolute Gasteiger partial charge is 0.416 e. The summed E-state index contributed by atoms with van der Waals surface area (Å²) in [4.78, 5) is 4.09. The maximum Gasteiger partial charge on any atom is 0.416 e. The van der Waals surface area contributed by atoms with Gasteiger partial charge < -0.3 is 5.73 Å². The molecule has 2 nitrogen and oxygen atoms in total. The molecule has 0 saturated heterocycles. The van der Waals surface area contributed by atoms with Gasteiger partial charge in [-0.05, 0) is 36.8 Å². The Morgan fingerprint density at radius 2 is 1.89 bits per heavy atom. The lowest BCUT2D eigenvalue weighted by Gasteiger charge is -2.11. The van der Waals surface area contributed by atoms with Crippen molar-refractivity contribution in [1.29, 1.82) is 0 Å². The van der Waals surface area contributed by atoms with E-state index in [4.69, 9.17) is 5.73 Å². The molecule has 0 fully saturated rings. The van der Waals surface area contributed by atoms with Crippen molar-refractivity contribution in [3.63, 3.8) is 0 Å². The highest BCUT2D eigenvalue weighted by Gasteiger charge is 2.30. The second-order valence-electron chi connectivity index (χ2n) is 3.97. The Balaban J connectivity index is 2.52. The summed E-state index contributed by atoms with van der Waals surface area (Å²) >= 11 is 0. The summed E-state index contributed by atoms with van der Waals surface area (Å²) < 4.78 is 37.6. The minimum atomic E-state index is -4.33. The number of hydrogen-bond donors (Lipinski definition) is 1. The van der Waals surface area contributed by atoms with Crippen molar-refractivity contribution < 1.29 is 13.2 Å². The predicted molar refractivity (Wildman–Crippen MR) is 63.8 cm³/mol. The van der Waals surface area contributed by atoms with Gasteiger partial charge >= 0.3 is 6.18 Å². The lowest BCUT2D eigenvalue weighted by molar-refractivity contribution is -0.137. The Morgan fingerprint density at radius 3 is 2.44 bits per heavy atom. The number of anilines is 1. The van der Waals surface area contributed by atoms with Crippen LogP contribution in [0.2, 0.25) is 0 Å². The molecule has 0 amide bonds. The van der Waals surface area contributed by atoms with Crippen LogP contribution in [0.15, 0.2) is 36.5 Å². The Labute approximate surface area is 102 Å². The molecule has 2 rings (SSSR count). The molecule has 0 atom stereocenters. The summed E-state index contributed by atoms with van der Waals surface area (Å²) in [5.74, 6) is 0. The van der Waals surface area contributed by atoms with Crippen molar-refractivity contribution in [2.75, 3.05) is 5.73 Å². The fourth-order valence-corrected chi connectivity index (χ4v) is 1.75. The van der Waals surface area contributed by atoms with Crippen molar-refractivity contribution in [3.8, 4) is 11.3 Å². The van der Waals surface area contributed by atoms with E-state index in [9.17, 15) is 13.2 Å². The zero-order chi connectivity index (χ0) is 13.3. The van der Waals surface area contributed by atoms with E-state index in [0.717, 1.165) is 12.1 Å². The third kappa shape index (κ3) is 2.30. The van der Waals surface area contributed by atoms with Crippen LogP contribution in [0, 0.1) is 6.92 Å². The van der Waals surface area contributed by atoms with E-state index in [-0.39, 0.29) is 0 Å². The third-order valence-corrected chi connectivity index (χ3v) is 2.65. The number of nitrogens with zero attached hydrogens (tertiary/aromatic N) is 1. The zero-order valence-electron chi connectivity index (χ0n) is 9.62. The first-order chi connectivity index (χ1) is 8.39. The molecule has 18 heavy (non-hydrogen) atoms. The van der Waals surface area contributed by atoms with Crippen LogP contribution in [0.4, 0.5) is 18.9 Å². The molecular formula is C13H11F3N2. The van der Waals surface area contributed by atoms with Crippen molar-refractivity contribution in [3.05, 3.63) is 47.7 Å². The van der Waals surface area contributed by atoms with Gasteiger partial charge in [0.15, 0.2) is 0 Å². The molecule has 1 aromatic carbocycles. The van der Waals surface area contributed by atoms with Crippen molar-refractivity contribution in [1.82, 2.24) is 4.98 Å². The molecule has 0 aliphatic rings. The van der Waals surface area contributed by atoms with Crippen LogP contribution >= 0.6 is 0 Å². The summed E-state index contributed by atoms with van der Waals surface area (Å²) in [6.45, 7) is 1.61. The van der Waals surface area contributed by atoms with Crippen LogP contribution in [-0.4, -0.2) is 4.98 Å². The quantitative estimate of drug-likeness (QED) is 0.841. The van der Waals surface area contributed by atoms with E-state index in [0.29, 0.717) is 22.5 Å². The van der Waals surface area contributed by atoms with Gasteiger partial charge in [0.05, 0.1) is 16.9 Å². The van der Waals surface area contributed by atoms with Gasteiger partial charge in [-0.25, -0.2) is 0 Å². The highest BCUT2D eigenvalue weighted by molar-refractivity contribution is 5.74. The van der Waals surface area contributed by atoms with E-state index >= 15 is 0 Å². The van der Waals surface area contributed by atoms with Crippen molar-refractivity contribution in [2.24, 2.45) is 0 Å². The average Bonchev–Trinajstić information content (AvgIpc) is 2.29. The maximum absolute atomic E-state index is 12.5. The van der Waals surface area contributed by atoms with Crippen molar-refractivity contribution >= 4 is 5.69 Å². The van der Waals surface area contributed by atoms with Crippen LogP contribution < -0.4 is 5.73 Å². The van der Waals surface area contributed by atoms with E-state index < -0.39 is 11.7 Å². The Kier molecular flexibility index (Phi) is 2.98. The molecule has 0 radical (unpaired) electrons. The van der Waals surface area contributed by atoms with E-state index in [2.05, 4.69) is 4.98 Å². The number of pyridine rings is 1.